The number of nitrogens with zero attached hydrogens (tertiary/aromatic N) is 1. The summed E-state index contributed by atoms with van der Waals surface area (Å²) in [6.07, 6.45) is 2.22. The fourth-order valence-electron chi connectivity index (χ4n) is 2.04. The van der Waals surface area contributed by atoms with E-state index in [4.69, 9.17) is 0 Å². The number of aromatic nitrogens is 1. The van der Waals surface area contributed by atoms with Crippen LogP contribution in [0.1, 0.15) is 10.4 Å². The standard InChI is InChI=1S/C16H14N2OS2/c19-15(10-13-5-2-8-20-13)18-11-12-4-1-7-17-16(12)14-6-3-9-21-14/h1-9H,10-11H2,(H,18,19). The molecule has 5 heteroatoms. The van der Waals surface area contributed by atoms with E-state index in [1.807, 2.05) is 47.2 Å². The van der Waals surface area contributed by atoms with Gasteiger partial charge in [0, 0.05) is 17.6 Å². The summed E-state index contributed by atoms with van der Waals surface area (Å²) in [5, 5.41) is 6.99. The van der Waals surface area contributed by atoms with Gasteiger partial charge in [-0.3, -0.25) is 9.78 Å². The van der Waals surface area contributed by atoms with E-state index in [9.17, 15) is 4.79 Å². The molecule has 0 spiro atoms. The molecular formula is C16H14N2OS2. The van der Waals surface area contributed by atoms with E-state index in [1.54, 1.807) is 28.9 Å². The van der Waals surface area contributed by atoms with Crippen LogP contribution in [0.3, 0.4) is 0 Å². The summed E-state index contributed by atoms with van der Waals surface area (Å²) in [5.41, 5.74) is 1.99. The van der Waals surface area contributed by atoms with Crippen LogP contribution in [0, 0.1) is 0 Å². The Morgan fingerprint density at radius 2 is 1.95 bits per heavy atom. The van der Waals surface area contributed by atoms with Crippen molar-refractivity contribution in [2.24, 2.45) is 0 Å². The van der Waals surface area contributed by atoms with Gasteiger partial charge >= 0.3 is 0 Å². The van der Waals surface area contributed by atoms with Crippen molar-refractivity contribution in [1.82, 2.24) is 10.3 Å². The molecule has 3 nitrogen and oxygen atoms in total. The average Bonchev–Trinajstić information content (AvgIpc) is 3.18. The van der Waals surface area contributed by atoms with Crippen LogP contribution in [-0.4, -0.2) is 10.9 Å². The minimum Gasteiger partial charge on any atom is -0.352 e. The second-order valence-electron chi connectivity index (χ2n) is 4.52. The molecule has 21 heavy (non-hydrogen) atoms. The minimum atomic E-state index is 0.0402. The second-order valence-corrected chi connectivity index (χ2v) is 6.50. The van der Waals surface area contributed by atoms with E-state index in [0.29, 0.717) is 13.0 Å². The molecule has 3 rings (SSSR count). The highest BCUT2D eigenvalue weighted by molar-refractivity contribution is 7.13. The summed E-state index contributed by atoms with van der Waals surface area (Å²) >= 11 is 3.26. The fourth-order valence-corrected chi connectivity index (χ4v) is 3.50. The largest absolute Gasteiger partial charge is 0.352 e. The molecule has 0 saturated heterocycles. The van der Waals surface area contributed by atoms with E-state index in [2.05, 4.69) is 10.3 Å². The van der Waals surface area contributed by atoms with Gasteiger partial charge in [-0.05, 0) is 34.5 Å². The van der Waals surface area contributed by atoms with Gasteiger partial charge in [-0.1, -0.05) is 18.2 Å². The van der Waals surface area contributed by atoms with Crippen molar-refractivity contribution >= 4 is 28.6 Å². The first kappa shape index (κ1) is 14.0. The topological polar surface area (TPSA) is 42.0 Å². The molecule has 0 unspecified atom stereocenters. The minimum absolute atomic E-state index is 0.0402. The van der Waals surface area contributed by atoms with Gasteiger partial charge in [0.1, 0.15) is 0 Å². The summed E-state index contributed by atoms with van der Waals surface area (Å²) in [6.45, 7) is 0.505. The summed E-state index contributed by atoms with van der Waals surface area (Å²) < 4.78 is 0. The number of carbonyl (C=O) groups is 1. The number of hydrogen-bond acceptors (Lipinski definition) is 4. The Bertz CT molecular complexity index is 706. The zero-order valence-corrected chi connectivity index (χ0v) is 12.9. The summed E-state index contributed by atoms with van der Waals surface area (Å²) in [5.74, 6) is 0.0402. The van der Waals surface area contributed by atoms with Gasteiger partial charge in [-0.15, -0.1) is 22.7 Å². The maximum atomic E-state index is 12.0. The molecular weight excluding hydrogens is 300 g/mol. The second kappa shape index (κ2) is 6.65. The Morgan fingerprint density at radius 3 is 2.71 bits per heavy atom. The number of nitrogens with one attached hydrogen (secondary N) is 1. The quantitative estimate of drug-likeness (QED) is 0.779. The van der Waals surface area contributed by atoms with Crippen LogP contribution in [0.15, 0.2) is 53.4 Å². The molecule has 0 aliphatic carbocycles. The zero-order chi connectivity index (χ0) is 14.5. The maximum absolute atomic E-state index is 12.0. The van der Waals surface area contributed by atoms with E-state index in [0.717, 1.165) is 21.0 Å². The molecule has 0 bridgehead atoms. The van der Waals surface area contributed by atoms with E-state index in [1.165, 1.54) is 0 Å². The molecule has 106 valence electrons. The van der Waals surface area contributed by atoms with Gasteiger partial charge in [0.25, 0.3) is 0 Å². The number of rotatable bonds is 5. The van der Waals surface area contributed by atoms with Crippen molar-refractivity contribution in [3.8, 4) is 10.6 Å². The van der Waals surface area contributed by atoms with Crippen molar-refractivity contribution in [2.45, 2.75) is 13.0 Å². The molecule has 3 heterocycles. The molecule has 1 amide bonds. The lowest BCUT2D eigenvalue weighted by molar-refractivity contribution is -0.120. The lowest BCUT2D eigenvalue weighted by atomic mass is 10.1. The summed E-state index contributed by atoms with van der Waals surface area (Å²) in [4.78, 5) is 18.6. The Hall–Kier alpha value is -1.98. The van der Waals surface area contributed by atoms with Crippen LogP contribution < -0.4 is 5.32 Å². The van der Waals surface area contributed by atoms with Gasteiger partial charge < -0.3 is 5.32 Å². The Kier molecular flexibility index (Phi) is 4.43. The van der Waals surface area contributed by atoms with Crippen LogP contribution in [0.25, 0.3) is 10.6 Å². The monoisotopic (exact) mass is 314 g/mol. The first-order valence-corrected chi connectivity index (χ1v) is 8.36. The van der Waals surface area contributed by atoms with Crippen molar-refractivity contribution in [3.05, 3.63) is 63.8 Å². The van der Waals surface area contributed by atoms with Crippen LogP contribution in [0.4, 0.5) is 0 Å². The number of amides is 1. The molecule has 0 saturated carbocycles. The Balaban J connectivity index is 1.67. The van der Waals surface area contributed by atoms with Gasteiger partial charge in [0.05, 0.1) is 17.0 Å². The van der Waals surface area contributed by atoms with E-state index in [-0.39, 0.29) is 5.91 Å². The fraction of sp³-hybridized carbons (Fsp3) is 0.125. The summed E-state index contributed by atoms with van der Waals surface area (Å²) in [6, 6.07) is 11.9. The molecule has 1 N–H and O–H groups in total. The van der Waals surface area contributed by atoms with Gasteiger partial charge in [0.15, 0.2) is 0 Å². The third kappa shape index (κ3) is 3.56. The van der Waals surface area contributed by atoms with Gasteiger partial charge in [0.2, 0.25) is 5.91 Å². The van der Waals surface area contributed by atoms with Crippen LogP contribution >= 0.6 is 22.7 Å². The molecule has 0 atom stereocenters. The maximum Gasteiger partial charge on any atom is 0.225 e. The zero-order valence-electron chi connectivity index (χ0n) is 11.3. The Morgan fingerprint density at radius 1 is 1.10 bits per heavy atom. The van der Waals surface area contributed by atoms with Crippen LogP contribution in [0.2, 0.25) is 0 Å². The highest BCUT2D eigenvalue weighted by atomic mass is 32.1. The van der Waals surface area contributed by atoms with Crippen molar-refractivity contribution in [2.75, 3.05) is 0 Å². The predicted octanol–water partition coefficient (Wildman–Crippen LogP) is 3.73. The van der Waals surface area contributed by atoms with Gasteiger partial charge in [-0.25, -0.2) is 0 Å². The van der Waals surface area contributed by atoms with E-state index < -0.39 is 0 Å². The normalized spacial score (nSPS) is 10.5. The lowest BCUT2D eigenvalue weighted by Crippen LogP contribution is -2.24. The number of carbonyl (C=O) groups excluding carboxylic acids is 1. The third-order valence-corrected chi connectivity index (χ3v) is 4.79. The van der Waals surface area contributed by atoms with Crippen molar-refractivity contribution in [1.29, 1.82) is 0 Å². The van der Waals surface area contributed by atoms with Crippen LogP contribution in [-0.2, 0) is 17.8 Å². The lowest BCUT2D eigenvalue weighted by Gasteiger charge is -2.08. The number of pyridine rings is 1. The highest BCUT2D eigenvalue weighted by Crippen LogP contribution is 2.25. The predicted molar refractivity (Wildman–Crippen MR) is 87.4 cm³/mol. The first-order valence-electron chi connectivity index (χ1n) is 6.60. The van der Waals surface area contributed by atoms with E-state index >= 15 is 0 Å². The molecule has 0 radical (unpaired) electrons. The van der Waals surface area contributed by atoms with Crippen LogP contribution in [0.5, 0.6) is 0 Å². The number of hydrogen-bond donors (Lipinski definition) is 1. The summed E-state index contributed by atoms with van der Waals surface area (Å²) in [7, 11) is 0. The molecule has 0 aromatic carbocycles. The number of thiophene rings is 2. The smallest absolute Gasteiger partial charge is 0.225 e. The first-order chi connectivity index (χ1) is 10.3. The van der Waals surface area contributed by atoms with Crippen molar-refractivity contribution in [3.63, 3.8) is 0 Å². The SMILES string of the molecule is O=C(Cc1cccs1)NCc1cccnc1-c1cccs1. The average molecular weight is 314 g/mol. The van der Waals surface area contributed by atoms with Crippen molar-refractivity contribution < 1.29 is 4.79 Å². The molecule has 0 aliphatic rings. The third-order valence-electron chi connectivity index (χ3n) is 3.04. The molecule has 0 fully saturated rings. The van der Waals surface area contributed by atoms with Gasteiger partial charge in [-0.2, -0.15) is 0 Å². The highest BCUT2D eigenvalue weighted by Gasteiger charge is 2.09. The Labute approximate surface area is 131 Å². The molecule has 3 aromatic rings. The molecule has 3 aromatic heterocycles. The molecule has 0 aliphatic heterocycles.